The van der Waals surface area contributed by atoms with Gasteiger partial charge in [-0.2, -0.15) is 0 Å². The maximum absolute atomic E-state index is 13.3. The number of aliphatic carboxylic acids is 1. The molecule has 35 heavy (non-hydrogen) atoms. The molecule has 0 aliphatic carbocycles. The molecule has 0 heterocycles. The van der Waals surface area contributed by atoms with E-state index in [2.05, 4.69) is 10.6 Å². The minimum Gasteiger partial charge on any atom is -0.481 e. The van der Waals surface area contributed by atoms with Gasteiger partial charge in [-0.3, -0.25) is 14.4 Å². The highest BCUT2D eigenvalue weighted by molar-refractivity contribution is 8.00. The van der Waals surface area contributed by atoms with E-state index in [-0.39, 0.29) is 24.3 Å². The van der Waals surface area contributed by atoms with E-state index in [1.54, 1.807) is 48.5 Å². The molecule has 0 aliphatic heterocycles. The quantitative estimate of drug-likeness (QED) is 0.276. The van der Waals surface area contributed by atoms with Crippen LogP contribution in [0.4, 0.5) is 11.4 Å². The Kier molecular flexibility index (Phi) is 9.02. The molecule has 0 saturated heterocycles. The number of anilines is 2. The fourth-order valence-electron chi connectivity index (χ4n) is 3.18. The van der Waals surface area contributed by atoms with Gasteiger partial charge in [0.05, 0.1) is 24.8 Å². The first-order chi connectivity index (χ1) is 16.9. The Balaban J connectivity index is 1.77. The van der Waals surface area contributed by atoms with Crippen molar-refractivity contribution in [2.75, 3.05) is 17.7 Å². The first-order valence-electron chi connectivity index (χ1n) is 10.7. The lowest BCUT2D eigenvalue weighted by molar-refractivity contribution is -0.138. The van der Waals surface area contributed by atoms with Crippen LogP contribution in [0.3, 0.4) is 0 Å². The fourth-order valence-corrected chi connectivity index (χ4v) is 4.20. The van der Waals surface area contributed by atoms with Gasteiger partial charge in [0.2, 0.25) is 11.8 Å². The summed E-state index contributed by atoms with van der Waals surface area (Å²) in [6.07, 6.45) is -0.359. The molecule has 0 aliphatic rings. The molecule has 9 heteroatoms. The lowest BCUT2D eigenvalue weighted by Gasteiger charge is -2.18. The first-order valence-corrected chi connectivity index (χ1v) is 11.6. The molecule has 3 aromatic carbocycles. The van der Waals surface area contributed by atoms with E-state index >= 15 is 0 Å². The van der Waals surface area contributed by atoms with Crippen LogP contribution in [0.15, 0.2) is 83.8 Å². The number of nitrogens with one attached hydrogen (secondary N) is 2. The Labute approximate surface area is 206 Å². The molecule has 3 aromatic rings. The van der Waals surface area contributed by atoms with E-state index in [4.69, 9.17) is 9.84 Å². The van der Waals surface area contributed by atoms with E-state index in [0.717, 1.165) is 10.5 Å². The van der Waals surface area contributed by atoms with Crippen molar-refractivity contribution in [3.05, 3.63) is 90.0 Å². The van der Waals surface area contributed by atoms with E-state index in [1.165, 1.54) is 18.9 Å². The summed E-state index contributed by atoms with van der Waals surface area (Å²) in [5.74, 6) is -2.29. The minimum absolute atomic E-state index is 0.116. The van der Waals surface area contributed by atoms with Crippen molar-refractivity contribution in [3.63, 3.8) is 0 Å². The van der Waals surface area contributed by atoms with E-state index in [1.807, 2.05) is 30.3 Å². The van der Waals surface area contributed by atoms with Crippen LogP contribution < -0.4 is 10.6 Å². The van der Waals surface area contributed by atoms with Crippen molar-refractivity contribution in [1.82, 2.24) is 0 Å². The van der Waals surface area contributed by atoms with Crippen molar-refractivity contribution in [3.8, 4) is 0 Å². The molecule has 1 atom stereocenters. The highest BCUT2D eigenvalue weighted by atomic mass is 32.2. The topological polar surface area (TPSA) is 122 Å². The van der Waals surface area contributed by atoms with Crippen LogP contribution in [0, 0.1) is 0 Å². The third-order valence-electron chi connectivity index (χ3n) is 4.89. The standard InChI is InChI=1S/C26H24N2O6S/c1-34-26(33)20-9-5-6-10-21(20)28-25(32)24(17-7-3-2-4-8-17)35-19-13-11-18(12-14-19)27-22(29)15-16-23(30)31/h2-14,24H,15-16H2,1H3,(H,27,29)(H,28,32)(H,30,31). The Morgan fingerprint density at radius 1 is 0.857 bits per heavy atom. The third kappa shape index (κ3) is 7.44. The number of rotatable bonds is 10. The molecule has 0 radical (unpaired) electrons. The molecule has 2 amide bonds. The SMILES string of the molecule is COC(=O)c1ccccc1NC(=O)C(Sc1ccc(NC(=O)CCC(=O)O)cc1)c1ccccc1. The zero-order valence-corrected chi connectivity index (χ0v) is 19.7. The zero-order valence-electron chi connectivity index (χ0n) is 18.9. The smallest absolute Gasteiger partial charge is 0.339 e. The predicted octanol–water partition coefficient (Wildman–Crippen LogP) is 4.75. The van der Waals surface area contributed by atoms with Crippen molar-refractivity contribution in [1.29, 1.82) is 0 Å². The maximum atomic E-state index is 13.3. The van der Waals surface area contributed by atoms with Crippen LogP contribution in [-0.2, 0) is 19.1 Å². The van der Waals surface area contributed by atoms with Crippen molar-refractivity contribution >= 4 is 46.9 Å². The van der Waals surface area contributed by atoms with Gasteiger partial charge in [0.1, 0.15) is 5.25 Å². The number of hydrogen-bond donors (Lipinski definition) is 3. The number of carboxylic acids is 1. The monoisotopic (exact) mass is 492 g/mol. The molecule has 3 N–H and O–H groups in total. The van der Waals surface area contributed by atoms with Crippen LogP contribution in [0.1, 0.15) is 34.0 Å². The van der Waals surface area contributed by atoms with Gasteiger partial charge in [0.25, 0.3) is 0 Å². The lowest BCUT2D eigenvalue weighted by atomic mass is 10.1. The van der Waals surface area contributed by atoms with Crippen LogP contribution in [0.2, 0.25) is 0 Å². The van der Waals surface area contributed by atoms with Gasteiger partial charge in [-0.25, -0.2) is 4.79 Å². The number of thioether (sulfide) groups is 1. The van der Waals surface area contributed by atoms with Crippen LogP contribution in [0.5, 0.6) is 0 Å². The highest BCUT2D eigenvalue weighted by Crippen LogP contribution is 2.37. The van der Waals surface area contributed by atoms with Crippen molar-refractivity contribution in [2.45, 2.75) is 23.0 Å². The zero-order chi connectivity index (χ0) is 25.2. The average Bonchev–Trinajstić information content (AvgIpc) is 2.87. The van der Waals surface area contributed by atoms with Gasteiger partial charge in [-0.05, 0) is 42.0 Å². The summed E-state index contributed by atoms with van der Waals surface area (Å²) < 4.78 is 4.81. The Morgan fingerprint density at radius 3 is 2.17 bits per heavy atom. The van der Waals surface area contributed by atoms with Crippen molar-refractivity contribution in [2.24, 2.45) is 0 Å². The van der Waals surface area contributed by atoms with Crippen LogP contribution in [0.25, 0.3) is 0 Å². The summed E-state index contributed by atoms with van der Waals surface area (Å²) in [5.41, 5.74) is 1.91. The number of carboxylic acid groups (broad SMARTS) is 1. The molecule has 0 saturated carbocycles. The molecule has 180 valence electrons. The number of esters is 1. The average molecular weight is 493 g/mol. The summed E-state index contributed by atoms with van der Waals surface area (Å²) in [7, 11) is 1.28. The maximum Gasteiger partial charge on any atom is 0.339 e. The normalized spacial score (nSPS) is 11.2. The molecular formula is C26H24N2O6S. The van der Waals surface area contributed by atoms with Crippen molar-refractivity contribution < 1.29 is 29.0 Å². The Morgan fingerprint density at radius 2 is 1.51 bits per heavy atom. The molecule has 1 unspecified atom stereocenters. The Hall–Kier alpha value is -4.11. The van der Waals surface area contributed by atoms with Gasteiger partial charge in [0, 0.05) is 17.0 Å². The number of carbonyl (C=O) groups is 4. The predicted molar refractivity (Wildman–Crippen MR) is 133 cm³/mol. The number of carbonyl (C=O) groups excluding carboxylic acids is 3. The number of para-hydroxylation sites is 1. The minimum atomic E-state index is -1.04. The van der Waals surface area contributed by atoms with Gasteiger partial charge in [-0.15, -0.1) is 11.8 Å². The largest absolute Gasteiger partial charge is 0.481 e. The number of ether oxygens (including phenoxy) is 1. The molecular weight excluding hydrogens is 468 g/mol. The summed E-state index contributed by atoms with van der Waals surface area (Å²) in [6, 6.07) is 22.8. The summed E-state index contributed by atoms with van der Waals surface area (Å²) in [6.45, 7) is 0. The van der Waals surface area contributed by atoms with E-state index in [0.29, 0.717) is 11.4 Å². The van der Waals surface area contributed by atoms with Crippen LogP contribution in [-0.4, -0.2) is 36.0 Å². The fraction of sp³-hybridized carbons (Fsp3) is 0.154. The van der Waals surface area contributed by atoms with Gasteiger partial charge >= 0.3 is 11.9 Å². The number of methoxy groups -OCH3 is 1. The summed E-state index contributed by atoms with van der Waals surface area (Å²) in [4.78, 5) is 48.7. The Bertz CT molecular complexity index is 1200. The highest BCUT2D eigenvalue weighted by Gasteiger charge is 2.24. The number of hydrogen-bond acceptors (Lipinski definition) is 6. The molecule has 0 aromatic heterocycles. The summed E-state index contributed by atoms with van der Waals surface area (Å²) >= 11 is 1.31. The molecule has 0 spiro atoms. The number of benzene rings is 3. The van der Waals surface area contributed by atoms with Gasteiger partial charge in [0.15, 0.2) is 0 Å². The molecule has 3 rings (SSSR count). The molecule has 0 bridgehead atoms. The molecule has 8 nitrogen and oxygen atoms in total. The molecule has 0 fully saturated rings. The van der Waals surface area contributed by atoms with Gasteiger partial charge in [-0.1, -0.05) is 42.5 Å². The first kappa shape index (κ1) is 25.5. The van der Waals surface area contributed by atoms with E-state index < -0.39 is 23.1 Å². The van der Waals surface area contributed by atoms with Crippen LogP contribution >= 0.6 is 11.8 Å². The second kappa shape index (κ2) is 12.4. The summed E-state index contributed by atoms with van der Waals surface area (Å²) in [5, 5.41) is 13.6. The van der Waals surface area contributed by atoms with E-state index in [9.17, 15) is 19.2 Å². The number of amides is 2. The third-order valence-corrected chi connectivity index (χ3v) is 6.15. The van der Waals surface area contributed by atoms with Gasteiger partial charge < -0.3 is 20.5 Å². The second-order valence-corrected chi connectivity index (χ2v) is 8.58. The lowest BCUT2D eigenvalue weighted by Crippen LogP contribution is -2.20. The second-order valence-electron chi connectivity index (χ2n) is 7.40.